The molecule has 0 radical (unpaired) electrons. The van der Waals surface area contributed by atoms with Gasteiger partial charge >= 0.3 is 0 Å². The standard InChI is InChI=1S/C20H23NO4S/c1-4-16(22)8-12-20(23)18-13-15(3)7-11-19(18)21-26(24,25)17-9-5-14(2)6-10-17/h5-7,9-11,13,21H,4,8,12H2,1-3H3. The molecule has 2 rings (SSSR count). The molecule has 0 heterocycles. The van der Waals surface area contributed by atoms with E-state index in [2.05, 4.69) is 4.72 Å². The minimum absolute atomic E-state index is 0.00721. The molecule has 26 heavy (non-hydrogen) atoms. The Balaban J connectivity index is 2.30. The number of carbonyl (C=O) groups is 2. The molecular weight excluding hydrogens is 350 g/mol. The summed E-state index contributed by atoms with van der Waals surface area (Å²) in [5.41, 5.74) is 2.30. The average molecular weight is 373 g/mol. The van der Waals surface area contributed by atoms with Crippen LogP contribution in [0.4, 0.5) is 5.69 Å². The van der Waals surface area contributed by atoms with E-state index in [4.69, 9.17) is 0 Å². The minimum atomic E-state index is -3.80. The summed E-state index contributed by atoms with van der Waals surface area (Å²) in [6.07, 6.45) is 0.608. The van der Waals surface area contributed by atoms with Gasteiger partial charge in [0, 0.05) is 24.8 Å². The predicted molar refractivity (Wildman–Crippen MR) is 102 cm³/mol. The molecule has 0 aliphatic carbocycles. The molecule has 0 bridgehead atoms. The normalized spacial score (nSPS) is 11.2. The molecule has 0 saturated carbocycles. The Morgan fingerprint density at radius 1 is 0.923 bits per heavy atom. The molecule has 0 unspecified atom stereocenters. The maximum Gasteiger partial charge on any atom is 0.261 e. The Labute approximate surface area is 154 Å². The van der Waals surface area contributed by atoms with Crippen LogP contribution in [0.15, 0.2) is 47.4 Å². The number of ketones is 2. The van der Waals surface area contributed by atoms with Crippen LogP contribution in [0, 0.1) is 13.8 Å². The summed E-state index contributed by atoms with van der Waals surface area (Å²) in [5, 5.41) is 0. The number of Topliss-reactive ketones (excluding diaryl/α,β-unsaturated/α-hetero) is 2. The van der Waals surface area contributed by atoms with Gasteiger partial charge in [0.2, 0.25) is 0 Å². The van der Waals surface area contributed by atoms with E-state index in [9.17, 15) is 18.0 Å². The summed E-state index contributed by atoms with van der Waals surface area (Å²) in [6.45, 7) is 5.45. The van der Waals surface area contributed by atoms with E-state index in [-0.39, 0.29) is 40.6 Å². The molecule has 138 valence electrons. The van der Waals surface area contributed by atoms with Gasteiger partial charge in [-0.1, -0.05) is 36.2 Å². The van der Waals surface area contributed by atoms with Crippen molar-refractivity contribution in [2.24, 2.45) is 0 Å². The summed E-state index contributed by atoms with van der Waals surface area (Å²) < 4.78 is 27.7. The monoisotopic (exact) mass is 373 g/mol. The molecule has 0 aromatic heterocycles. The van der Waals surface area contributed by atoms with Crippen molar-refractivity contribution in [3.63, 3.8) is 0 Å². The highest BCUT2D eigenvalue weighted by Crippen LogP contribution is 2.23. The second-order valence-corrected chi connectivity index (χ2v) is 7.97. The van der Waals surface area contributed by atoms with Crippen molar-refractivity contribution in [2.75, 3.05) is 4.72 Å². The molecule has 5 nitrogen and oxygen atoms in total. The van der Waals surface area contributed by atoms with Crippen molar-refractivity contribution < 1.29 is 18.0 Å². The van der Waals surface area contributed by atoms with Gasteiger partial charge in [-0.05, 0) is 38.1 Å². The molecule has 0 aliphatic heterocycles. The van der Waals surface area contributed by atoms with E-state index in [1.165, 1.54) is 12.1 Å². The van der Waals surface area contributed by atoms with Crippen molar-refractivity contribution in [3.8, 4) is 0 Å². The number of aryl methyl sites for hydroxylation is 2. The van der Waals surface area contributed by atoms with Crippen molar-refractivity contribution in [2.45, 2.75) is 44.9 Å². The number of rotatable bonds is 8. The molecular formula is C20H23NO4S. The summed E-state index contributed by atoms with van der Waals surface area (Å²) in [4.78, 5) is 24.1. The summed E-state index contributed by atoms with van der Waals surface area (Å²) in [7, 11) is -3.80. The molecule has 2 aromatic carbocycles. The van der Waals surface area contributed by atoms with Crippen LogP contribution in [0.3, 0.4) is 0 Å². The fourth-order valence-corrected chi connectivity index (χ4v) is 3.54. The van der Waals surface area contributed by atoms with Crippen LogP contribution in [-0.2, 0) is 14.8 Å². The van der Waals surface area contributed by atoms with Crippen molar-refractivity contribution in [3.05, 3.63) is 59.2 Å². The summed E-state index contributed by atoms with van der Waals surface area (Å²) in [5.74, 6) is -0.245. The fourth-order valence-electron chi connectivity index (χ4n) is 2.46. The third kappa shape index (κ3) is 5.02. The zero-order chi connectivity index (χ0) is 19.3. The molecule has 1 N–H and O–H groups in total. The summed E-state index contributed by atoms with van der Waals surface area (Å²) >= 11 is 0. The van der Waals surface area contributed by atoms with Crippen LogP contribution in [0.25, 0.3) is 0 Å². The highest BCUT2D eigenvalue weighted by molar-refractivity contribution is 7.92. The average Bonchev–Trinajstić information content (AvgIpc) is 2.61. The first-order valence-corrected chi connectivity index (χ1v) is 9.96. The first kappa shape index (κ1) is 19.8. The van der Waals surface area contributed by atoms with Crippen LogP contribution in [0.1, 0.15) is 47.7 Å². The molecule has 0 fully saturated rings. The van der Waals surface area contributed by atoms with Gasteiger partial charge in [-0.3, -0.25) is 14.3 Å². The van der Waals surface area contributed by atoms with Gasteiger partial charge in [0.05, 0.1) is 10.6 Å². The molecule has 0 atom stereocenters. The highest BCUT2D eigenvalue weighted by atomic mass is 32.2. The lowest BCUT2D eigenvalue weighted by atomic mass is 10.0. The van der Waals surface area contributed by atoms with Gasteiger partial charge in [-0.25, -0.2) is 8.42 Å². The first-order chi connectivity index (χ1) is 12.2. The Morgan fingerprint density at radius 3 is 2.15 bits per heavy atom. The predicted octanol–water partition coefficient (Wildman–Crippen LogP) is 4.05. The third-order valence-electron chi connectivity index (χ3n) is 4.08. The van der Waals surface area contributed by atoms with Crippen LogP contribution >= 0.6 is 0 Å². The lowest BCUT2D eigenvalue weighted by molar-refractivity contribution is -0.118. The van der Waals surface area contributed by atoms with Gasteiger partial charge < -0.3 is 0 Å². The Morgan fingerprint density at radius 2 is 1.54 bits per heavy atom. The van der Waals surface area contributed by atoms with Crippen LogP contribution in [0.5, 0.6) is 0 Å². The SMILES string of the molecule is CCC(=O)CCC(=O)c1cc(C)ccc1NS(=O)(=O)c1ccc(C)cc1. The smallest absolute Gasteiger partial charge is 0.261 e. The van der Waals surface area contributed by atoms with E-state index in [1.807, 2.05) is 13.8 Å². The quantitative estimate of drug-likeness (QED) is 0.708. The van der Waals surface area contributed by atoms with E-state index >= 15 is 0 Å². The number of hydrogen-bond acceptors (Lipinski definition) is 4. The van der Waals surface area contributed by atoms with E-state index in [0.717, 1.165) is 11.1 Å². The van der Waals surface area contributed by atoms with Crippen molar-refractivity contribution in [1.29, 1.82) is 0 Å². The largest absolute Gasteiger partial charge is 0.300 e. The zero-order valence-corrected chi connectivity index (χ0v) is 16.0. The van der Waals surface area contributed by atoms with Crippen molar-refractivity contribution >= 4 is 27.3 Å². The zero-order valence-electron chi connectivity index (χ0n) is 15.2. The van der Waals surface area contributed by atoms with Crippen molar-refractivity contribution in [1.82, 2.24) is 0 Å². The highest BCUT2D eigenvalue weighted by Gasteiger charge is 2.19. The molecule has 0 saturated heterocycles. The minimum Gasteiger partial charge on any atom is -0.300 e. The van der Waals surface area contributed by atoms with Gasteiger partial charge in [-0.2, -0.15) is 0 Å². The van der Waals surface area contributed by atoms with Gasteiger partial charge in [-0.15, -0.1) is 0 Å². The summed E-state index contributed by atoms with van der Waals surface area (Å²) in [6, 6.07) is 11.4. The molecule has 2 aromatic rings. The van der Waals surface area contributed by atoms with E-state index in [0.29, 0.717) is 6.42 Å². The molecule has 6 heteroatoms. The van der Waals surface area contributed by atoms with E-state index in [1.54, 1.807) is 37.3 Å². The maximum atomic E-state index is 12.6. The number of nitrogens with one attached hydrogen (secondary N) is 1. The van der Waals surface area contributed by atoms with Crippen LogP contribution in [0.2, 0.25) is 0 Å². The Bertz CT molecular complexity index is 915. The Kier molecular flexibility index (Phi) is 6.32. The van der Waals surface area contributed by atoms with Crippen LogP contribution in [-0.4, -0.2) is 20.0 Å². The van der Waals surface area contributed by atoms with Gasteiger partial charge in [0.25, 0.3) is 10.0 Å². The molecule has 0 spiro atoms. The second kappa shape index (κ2) is 8.27. The van der Waals surface area contributed by atoms with Gasteiger partial charge in [0.1, 0.15) is 5.78 Å². The first-order valence-electron chi connectivity index (χ1n) is 8.48. The maximum absolute atomic E-state index is 12.6. The number of benzene rings is 2. The second-order valence-electron chi connectivity index (χ2n) is 6.28. The third-order valence-corrected chi connectivity index (χ3v) is 5.46. The number of anilines is 1. The molecule has 0 amide bonds. The fraction of sp³-hybridized carbons (Fsp3) is 0.300. The lowest BCUT2D eigenvalue weighted by Gasteiger charge is -2.13. The molecule has 0 aliphatic rings. The lowest BCUT2D eigenvalue weighted by Crippen LogP contribution is -2.16. The van der Waals surface area contributed by atoms with Crippen LogP contribution < -0.4 is 4.72 Å². The van der Waals surface area contributed by atoms with E-state index < -0.39 is 10.0 Å². The number of carbonyl (C=O) groups excluding carboxylic acids is 2. The topological polar surface area (TPSA) is 80.3 Å². The number of sulfonamides is 1. The number of hydrogen-bond donors (Lipinski definition) is 1. The Hall–Kier alpha value is -2.47. The van der Waals surface area contributed by atoms with Gasteiger partial charge in [0.15, 0.2) is 5.78 Å².